The zero-order chi connectivity index (χ0) is 14.5. The van der Waals surface area contributed by atoms with Crippen LogP contribution in [-0.4, -0.2) is 48.8 Å². The first-order chi connectivity index (χ1) is 8.83. The predicted octanol–water partition coefficient (Wildman–Crippen LogP) is 2.90. The molecule has 1 heterocycles. The third-order valence-electron chi connectivity index (χ3n) is 3.96. The van der Waals surface area contributed by atoms with Gasteiger partial charge in [0.1, 0.15) is 0 Å². The molecule has 3 nitrogen and oxygen atoms in total. The molecular formula is C16H34N2O. The summed E-state index contributed by atoms with van der Waals surface area (Å²) in [6.45, 7) is 17.8. The maximum absolute atomic E-state index is 5.74. The Morgan fingerprint density at radius 2 is 1.79 bits per heavy atom. The van der Waals surface area contributed by atoms with Crippen LogP contribution in [0.1, 0.15) is 54.4 Å². The topological polar surface area (TPSA) is 24.5 Å². The number of nitrogens with one attached hydrogen (secondary N) is 1. The quantitative estimate of drug-likeness (QED) is 0.803. The smallest absolute Gasteiger partial charge is 0.0599 e. The summed E-state index contributed by atoms with van der Waals surface area (Å²) in [5, 5.41) is 3.66. The molecule has 1 atom stereocenters. The van der Waals surface area contributed by atoms with Crippen LogP contribution >= 0.6 is 0 Å². The van der Waals surface area contributed by atoms with E-state index in [2.05, 4.69) is 51.8 Å². The number of nitrogens with zero attached hydrogens (tertiary/aromatic N) is 1. The Kier molecular flexibility index (Phi) is 6.78. The van der Waals surface area contributed by atoms with E-state index in [0.29, 0.717) is 18.1 Å². The highest BCUT2D eigenvalue weighted by molar-refractivity contribution is 4.84. The lowest BCUT2D eigenvalue weighted by molar-refractivity contribution is -0.00231. The second-order valence-electron chi connectivity index (χ2n) is 7.13. The number of likely N-dealkylation sites (tertiary alicyclic amines) is 1. The zero-order valence-electron chi connectivity index (χ0n) is 13.8. The Bertz CT molecular complexity index is 240. The van der Waals surface area contributed by atoms with E-state index in [-0.39, 0.29) is 5.54 Å². The van der Waals surface area contributed by atoms with Crippen molar-refractivity contribution in [2.45, 2.75) is 72.1 Å². The molecule has 0 aromatic heterocycles. The van der Waals surface area contributed by atoms with E-state index in [1.807, 2.05) is 0 Å². The molecule has 1 aliphatic heterocycles. The van der Waals surface area contributed by atoms with Crippen LogP contribution in [0.4, 0.5) is 0 Å². The van der Waals surface area contributed by atoms with Crippen LogP contribution in [0.2, 0.25) is 0 Å². The van der Waals surface area contributed by atoms with Gasteiger partial charge in [0.2, 0.25) is 0 Å². The Morgan fingerprint density at radius 3 is 2.21 bits per heavy atom. The van der Waals surface area contributed by atoms with Crippen LogP contribution in [0.25, 0.3) is 0 Å². The number of rotatable bonds is 6. The van der Waals surface area contributed by atoms with Gasteiger partial charge in [0.05, 0.1) is 6.10 Å². The number of ether oxygens (including phenoxy) is 1. The van der Waals surface area contributed by atoms with Crippen LogP contribution in [0.3, 0.4) is 0 Å². The first-order valence-corrected chi connectivity index (χ1v) is 7.94. The fraction of sp³-hybridized carbons (Fsp3) is 1.00. The third-order valence-corrected chi connectivity index (χ3v) is 3.96. The number of hydrogen-bond acceptors (Lipinski definition) is 3. The van der Waals surface area contributed by atoms with E-state index in [1.165, 1.54) is 25.9 Å². The molecule has 0 aromatic rings. The minimum atomic E-state index is 0.205. The molecule has 0 radical (unpaired) electrons. The molecule has 1 saturated heterocycles. The van der Waals surface area contributed by atoms with E-state index < -0.39 is 0 Å². The molecule has 1 fully saturated rings. The monoisotopic (exact) mass is 270 g/mol. The van der Waals surface area contributed by atoms with Gasteiger partial charge in [0.15, 0.2) is 0 Å². The van der Waals surface area contributed by atoms with Gasteiger partial charge in [-0.05, 0) is 46.5 Å². The highest BCUT2D eigenvalue weighted by atomic mass is 16.5. The summed E-state index contributed by atoms with van der Waals surface area (Å²) in [5.74, 6) is 0.693. The van der Waals surface area contributed by atoms with Gasteiger partial charge < -0.3 is 10.1 Å². The van der Waals surface area contributed by atoms with Gasteiger partial charge in [-0.2, -0.15) is 0 Å². The normalized spacial score (nSPS) is 21.0. The van der Waals surface area contributed by atoms with Gasteiger partial charge in [-0.3, -0.25) is 4.90 Å². The van der Waals surface area contributed by atoms with Crippen molar-refractivity contribution in [1.29, 1.82) is 0 Å². The maximum Gasteiger partial charge on any atom is 0.0599 e. The van der Waals surface area contributed by atoms with Gasteiger partial charge >= 0.3 is 0 Å². The fourth-order valence-corrected chi connectivity index (χ4v) is 2.81. The summed E-state index contributed by atoms with van der Waals surface area (Å²) in [4.78, 5) is 2.65. The standard InChI is InChI=1S/C16H34N2O/c1-7-19-14-8-10-18(11-9-14)15(13(2)3)12-17-16(4,5)6/h13-15,17H,7-12H2,1-6H3. The lowest BCUT2D eigenvalue weighted by atomic mass is 9.97. The Hall–Kier alpha value is -0.120. The second kappa shape index (κ2) is 7.61. The van der Waals surface area contributed by atoms with E-state index in [9.17, 15) is 0 Å². The maximum atomic E-state index is 5.74. The highest BCUT2D eigenvalue weighted by Crippen LogP contribution is 2.20. The first-order valence-electron chi connectivity index (χ1n) is 7.94. The Labute approximate surface area is 120 Å². The van der Waals surface area contributed by atoms with Crippen molar-refractivity contribution < 1.29 is 4.74 Å². The molecule has 0 bridgehead atoms. The van der Waals surface area contributed by atoms with Crippen LogP contribution in [0.5, 0.6) is 0 Å². The van der Waals surface area contributed by atoms with Gasteiger partial charge in [0, 0.05) is 37.8 Å². The van der Waals surface area contributed by atoms with Crippen molar-refractivity contribution in [3.05, 3.63) is 0 Å². The summed E-state index contributed by atoms with van der Waals surface area (Å²) in [7, 11) is 0. The Balaban J connectivity index is 2.45. The SMILES string of the molecule is CCOC1CCN(C(CNC(C)(C)C)C(C)C)CC1. The molecule has 0 aliphatic carbocycles. The van der Waals surface area contributed by atoms with Gasteiger partial charge in [-0.15, -0.1) is 0 Å². The van der Waals surface area contributed by atoms with Crippen molar-refractivity contribution >= 4 is 0 Å². The van der Waals surface area contributed by atoms with Gasteiger partial charge in [-0.25, -0.2) is 0 Å². The molecule has 0 amide bonds. The van der Waals surface area contributed by atoms with Crippen LogP contribution < -0.4 is 5.32 Å². The molecule has 1 N–H and O–H groups in total. The van der Waals surface area contributed by atoms with Crippen molar-refractivity contribution in [2.24, 2.45) is 5.92 Å². The van der Waals surface area contributed by atoms with E-state index in [1.54, 1.807) is 0 Å². The van der Waals surface area contributed by atoms with Crippen molar-refractivity contribution in [3.63, 3.8) is 0 Å². The van der Waals surface area contributed by atoms with Crippen LogP contribution in [-0.2, 0) is 4.74 Å². The zero-order valence-corrected chi connectivity index (χ0v) is 13.8. The lowest BCUT2D eigenvalue weighted by Gasteiger charge is -2.40. The first kappa shape index (κ1) is 16.9. The Morgan fingerprint density at radius 1 is 1.21 bits per heavy atom. The average molecular weight is 270 g/mol. The molecule has 19 heavy (non-hydrogen) atoms. The fourth-order valence-electron chi connectivity index (χ4n) is 2.81. The van der Waals surface area contributed by atoms with Crippen molar-refractivity contribution in [1.82, 2.24) is 10.2 Å². The van der Waals surface area contributed by atoms with Crippen LogP contribution in [0, 0.1) is 5.92 Å². The van der Waals surface area contributed by atoms with E-state index in [0.717, 1.165) is 13.2 Å². The highest BCUT2D eigenvalue weighted by Gasteiger charge is 2.27. The summed E-state index contributed by atoms with van der Waals surface area (Å²) in [6.07, 6.45) is 2.86. The van der Waals surface area contributed by atoms with Gasteiger partial charge in [0.25, 0.3) is 0 Å². The summed E-state index contributed by atoms with van der Waals surface area (Å²) < 4.78 is 5.74. The summed E-state index contributed by atoms with van der Waals surface area (Å²) in [5.41, 5.74) is 0.205. The lowest BCUT2D eigenvalue weighted by Crippen LogP contribution is -2.52. The predicted molar refractivity (Wildman–Crippen MR) is 82.6 cm³/mol. The van der Waals surface area contributed by atoms with Crippen molar-refractivity contribution in [3.8, 4) is 0 Å². The average Bonchev–Trinajstić information content (AvgIpc) is 2.30. The second-order valence-corrected chi connectivity index (χ2v) is 7.13. The molecule has 1 aliphatic rings. The summed E-state index contributed by atoms with van der Waals surface area (Å²) in [6, 6.07) is 0.641. The molecule has 0 saturated carbocycles. The van der Waals surface area contributed by atoms with Gasteiger partial charge in [-0.1, -0.05) is 13.8 Å². The van der Waals surface area contributed by atoms with Crippen LogP contribution in [0.15, 0.2) is 0 Å². The molecule has 114 valence electrons. The number of hydrogen-bond donors (Lipinski definition) is 1. The molecule has 1 rings (SSSR count). The largest absolute Gasteiger partial charge is 0.378 e. The van der Waals surface area contributed by atoms with Crippen molar-refractivity contribution in [2.75, 3.05) is 26.2 Å². The molecule has 0 aromatic carbocycles. The third kappa shape index (κ3) is 6.24. The minimum Gasteiger partial charge on any atom is -0.378 e. The van der Waals surface area contributed by atoms with E-state index >= 15 is 0 Å². The molecule has 3 heteroatoms. The molecule has 0 spiro atoms. The summed E-state index contributed by atoms with van der Waals surface area (Å²) >= 11 is 0. The minimum absolute atomic E-state index is 0.205. The molecule has 1 unspecified atom stereocenters. The van der Waals surface area contributed by atoms with E-state index in [4.69, 9.17) is 4.74 Å². The number of piperidine rings is 1. The molecular weight excluding hydrogens is 236 g/mol.